The molecule has 132 valence electrons. The summed E-state index contributed by atoms with van der Waals surface area (Å²) in [7, 11) is 1.73. The minimum Gasteiger partial charge on any atom is -0.488 e. The van der Waals surface area contributed by atoms with E-state index in [0.717, 1.165) is 12.1 Å². The van der Waals surface area contributed by atoms with Crippen LogP contribution in [0.2, 0.25) is 0 Å². The van der Waals surface area contributed by atoms with E-state index in [4.69, 9.17) is 9.47 Å². The second-order valence-corrected chi connectivity index (χ2v) is 6.20. The lowest BCUT2D eigenvalue weighted by Crippen LogP contribution is -2.34. The molecule has 0 aliphatic carbocycles. The average Bonchev–Trinajstić information content (AvgIpc) is 3.07. The largest absolute Gasteiger partial charge is 0.488 e. The topological polar surface area (TPSA) is 60.8 Å². The van der Waals surface area contributed by atoms with Crippen molar-refractivity contribution >= 4 is 5.91 Å². The Hall–Kier alpha value is -2.76. The molecule has 2 heterocycles. The highest BCUT2D eigenvalue weighted by molar-refractivity contribution is 5.78. The van der Waals surface area contributed by atoms with Crippen LogP contribution in [-0.2, 0) is 11.8 Å². The molecule has 1 saturated heterocycles. The number of amides is 1. The van der Waals surface area contributed by atoms with Crippen LogP contribution >= 0.6 is 0 Å². The molecule has 6 nitrogen and oxygen atoms in total. The van der Waals surface area contributed by atoms with Gasteiger partial charge in [0.05, 0.1) is 6.54 Å². The van der Waals surface area contributed by atoms with E-state index in [1.54, 1.807) is 16.5 Å². The number of nitrogens with zero attached hydrogens (tertiary/aromatic N) is 2. The maximum absolute atomic E-state index is 12.3. The molecule has 1 aromatic carbocycles. The Balaban J connectivity index is 1.53. The van der Waals surface area contributed by atoms with E-state index in [1.807, 2.05) is 43.3 Å². The van der Waals surface area contributed by atoms with E-state index in [0.29, 0.717) is 24.6 Å². The van der Waals surface area contributed by atoms with Crippen LogP contribution in [0.25, 0.3) is 0 Å². The molecule has 0 saturated carbocycles. The molecule has 0 N–H and O–H groups in total. The number of ether oxygens (including phenoxy) is 2. The number of hydrogen-bond donors (Lipinski definition) is 0. The standard InChI is InChI=1S/C19H22N2O4/c1-14-10-17(11-18(22)20(14)2)25-16-8-9-21(12-16)19(23)13-24-15-6-4-3-5-7-15/h3-7,10-11,16H,8-9,12-13H2,1-2H3. The van der Waals surface area contributed by atoms with Crippen LogP contribution in [0.1, 0.15) is 12.1 Å². The van der Waals surface area contributed by atoms with E-state index in [1.165, 1.54) is 6.07 Å². The fourth-order valence-corrected chi connectivity index (χ4v) is 2.80. The number of pyridine rings is 1. The smallest absolute Gasteiger partial charge is 0.260 e. The molecular weight excluding hydrogens is 320 g/mol. The first-order valence-corrected chi connectivity index (χ1v) is 8.33. The number of likely N-dealkylation sites (tertiary alicyclic amines) is 1. The van der Waals surface area contributed by atoms with E-state index in [2.05, 4.69) is 0 Å². The minimum absolute atomic E-state index is 0.0156. The van der Waals surface area contributed by atoms with Crippen LogP contribution in [0.3, 0.4) is 0 Å². The highest BCUT2D eigenvalue weighted by Gasteiger charge is 2.28. The zero-order chi connectivity index (χ0) is 17.8. The van der Waals surface area contributed by atoms with Crippen molar-refractivity contribution in [3.63, 3.8) is 0 Å². The molecule has 1 amide bonds. The van der Waals surface area contributed by atoms with Crippen molar-refractivity contribution in [1.29, 1.82) is 0 Å². The van der Waals surface area contributed by atoms with Gasteiger partial charge in [-0.2, -0.15) is 0 Å². The van der Waals surface area contributed by atoms with Gasteiger partial charge in [-0.1, -0.05) is 18.2 Å². The minimum atomic E-state index is -0.104. The summed E-state index contributed by atoms with van der Waals surface area (Å²) >= 11 is 0. The third-order valence-electron chi connectivity index (χ3n) is 4.38. The Bertz CT molecular complexity index is 801. The number of carbonyl (C=O) groups is 1. The summed E-state index contributed by atoms with van der Waals surface area (Å²) in [6, 6.07) is 12.6. The second-order valence-electron chi connectivity index (χ2n) is 6.20. The first-order chi connectivity index (χ1) is 12.0. The van der Waals surface area contributed by atoms with Crippen molar-refractivity contribution < 1.29 is 14.3 Å². The third-order valence-corrected chi connectivity index (χ3v) is 4.38. The molecule has 1 aromatic heterocycles. The van der Waals surface area contributed by atoms with E-state index >= 15 is 0 Å². The summed E-state index contributed by atoms with van der Waals surface area (Å²) in [6.07, 6.45) is 0.637. The maximum atomic E-state index is 12.3. The molecule has 0 spiro atoms. The summed E-state index contributed by atoms with van der Waals surface area (Å²) in [5, 5.41) is 0. The molecular formula is C19H22N2O4. The van der Waals surface area contributed by atoms with Gasteiger partial charge in [-0.15, -0.1) is 0 Å². The van der Waals surface area contributed by atoms with Crippen LogP contribution in [-0.4, -0.2) is 41.2 Å². The van der Waals surface area contributed by atoms with E-state index < -0.39 is 0 Å². The summed E-state index contributed by atoms with van der Waals surface area (Å²) in [5.74, 6) is 1.17. The van der Waals surface area contributed by atoms with Crippen molar-refractivity contribution in [2.45, 2.75) is 19.4 Å². The van der Waals surface area contributed by atoms with Crippen molar-refractivity contribution in [2.75, 3.05) is 19.7 Å². The van der Waals surface area contributed by atoms with Crippen molar-refractivity contribution in [2.24, 2.45) is 7.05 Å². The molecule has 1 aliphatic heterocycles. The maximum Gasteiger partial charge on any atom is 0.260 e. The molecule has 1 aliphatic rings. The molecule has 6 heteroatoms. The molecule has 0 bridgehead atoms. The van der Waals surface area contributed by atoms with Crippen LogP contribution in [0.4, 0.5) is 0 Å². The van der Waals surface area contributed by atoms with E-state index in [9.17, 15) is 9.59 Å². The normalized spacial score (nSPS) is 16.7. The Morgan fingerprint density at radius 2 is 1.96 bits per heavy atom. The predicted octanol–water partition coefficient (Wildman–Crippen LogP) is 1.75. The summed E-state index contributed by atoms with van der Waals surface area (Å²) < 4.78 is 13.0. The van der Waals surface area contributed by atoms with Gasteiger partial charge in [-0.3, -0.25) is 9.59 Å². The number of rotatable bonds is 5. The number of carbonyl (C=O) groups excluding carboxylic acids is 1. The fourth-order valence-electron chi connectivity index (χ4n) is 2.80. The Kier molecular flexibility index (Phi) is 5.07. The van der Waals surface area contributed by atoms with Gasteiger partial charge >= 0.3 is 0 Å². The average molecular weight is 342 g/mol. The lowest BCUT2D eigenvalue weighted by atomic mass is 10.3. The number of aryl methyl sites for hydroxylation is 1. The van der Waals surface area contributed by atoms with Gasteiger partial charge in [0.25, 0.3) is 11.5 Å². The lowest BCUT2D eigenvalue weighted by molar-refractivity contribution is -0.132. The van der Waals surface area contributed by atoms with Crippen molar-refractivity contribution in [3.8, 4) is 11.5 Å². The van der Waals surface area contributed by atoms with Gasteiger partial charge in [0, 0.05) is 31.8 Å². The zero-order valence-corrected chi connectivity index (χ0v) is 14.5. The number of aromatic nitrogens is 1. The zero-order valence-electron chi connectivity index (χ0n) is 14.5. The van der Waals surface area contributed by atoms with Gasteiger partial charge in [0.2, 0.25) is 0 Å². The first kappa shape index (κ1) is 17.1. The Morgan fingerprint density at radius 3 is 2.68 bits per heavy atom. The van der Waals surface area contributed by atoms with Crippen molar-refractivity contribution in [3.05, 3.63) is 58.5 Å². The highest BCUT2D eigenvalue weighted by Crippen LogP contribution is 2.18. The number of para-hydroxylation sites is 1. The highest BCUT2D eigenvalue weighted by atomic mass is 16.5. The van der Waals surface area contributed by atoms with Crippen LogP contribution in [0.5, 0.6) is 11.5 Å². The summed E-state index contributed by atoms with van der Waals surface area (Å²) in [5.41, 5.74) is 0.738. The molecule has 2 aromatic rings. The number of hydrogen-bond acceptors (Lipinski definition) is 4. The molecule has 3 rings (SSSR count). The van der Waals surface area contributed by atoms with Gasteiger partial charge in [0.15, 0.2) is 6.61 Å². The van der Waals surface area contributed by atoms with Gasteiger partial charge < -0.3 is 18.9 Å². The fraction of sp³-hybridized carbons (Fsp3) is 0.368. The predicted molar refractivity (Wildman–Crippen MR) is 94.0 cm³/mol. The molecule has 0 radical (unpaired) electrons. The monoisotopic (exact) mass is 342 g/mol. The molecule has 25 heavy (non-hydrogen) atoms. The third kappa shape index (κ3) is 4.21. The van der Waals surface area contributed by atoms with Crippen LogP contribution in [0, 0.1) is 6.92 Å². The number of benzene rings is 1. The summed E-state index contributed by atoms with van der Waals surface area (Å²) in [6.45, 7) is 3.01. The second kappa shape index (κ2) is 7.42. The Labute approximate surface area is 146 Å². The van der Waals surface area contributed by atoms with Crippen LogP contribution < -0.4 is 15.0 Å². The Morgan fingerprint density at radius 1 is 1.20 bits per heavy atom. The van der Waals surface area contributed by atoms with E-state index in [-0.39, 0.29) is 24.2 Å². The van der Waals surface area contributed by atoms with Gasteiger partial charge in [-0.05, 0) is 25.1 Å². The first-order valence-electron chi connectivity index (χ1n) is 8.33. The lowest BCUT2D eigenvalue weighted by Gasteiger charge is -2.18. The van der Waals surface area contributed by atoms with Crippen LogP contribution in [0.15, 0.2) is 47.3 Å². The SMILES string of the molecule is Cc1cc(OC2CCN(C(=O)COc3ccccc3)C2)cc(=O)n1C. The van der Waals surface area contributed by atoms with Gasteiger partial charge in [-0.25, -0.2) is 0 Å². The van der Waals surface area contributed by atoms with Crippen molar-refractivity contribution in [1.82, 2.24) is 9.47 Å². The molecule has 1 unspecified atom stereocenters. The quantitative estimate of drug-likeness (QED) is 0.831. The summed E-state index contributed by atoms with van der Waals surface area (Å²) in [4.78, 5) is 25.8. The molecule has 1 atom stereocenters. The van der Waals surface area contributed by atoms with Gasteiger partial charge in [0.1, 0.15) is 17.6 Å². The molecule has 1 fully saturated rings.